The van der Waals surface area contributed by atoms with Crippen LogP contribution in [0.2, 0.25) is 0 Å². The molecule has 2 aromatic carbocycles. The number of hydrogen-bond donors (Lipinski definition) is 0. The first-order chi connectivity index (χ1) is 15.1. The van der Waals surface area contributed by atoms with Crippen molar-refractivity contribution in [3.05, 3.63) is 82.6 Å². The molecule has 1 aliphatic rings. The number of nitrogens with zero attached hydrogens (tertiary/aromatic N) is 1. The molecule has 0 unspecified atom stereocenters. The van der Waals surface area contributed by atoms with Crippen LogP contribution in [-0.2, 0) is 27.5 Å². The van der Waals surface area contributed by atoms with Crippen molar-refractivity contribution in [3.8, 4) is 0 Å². The normalized spacial score (nSPS) is 16.3. The Labute approximate surface area is 176 Å². The fourth-order valence-electron chi connectivity index (χ4n) is 4.07. The van der Waals surface area contributed by atoms with Crippen LogP contribution < -0.4 is 5.63 Å². The van der Waals surface area contributed by atoms with Crippen molar-refractivity contribution in [2.75, 3.05) is 6.54 Å². The molecule has 2 aromatic heterocycles. The Bertz CT molecular complexity index is 1340. The SMILES string of the molecule is O=C(OCc1cc(=O)oc2ccc3ccccc3c12)[C@H]1CC(=O)N(Cc2ccco2)C1. The minimum Gasteiger partial charge on any atom is -0.467 e. The Morgan fingerprint density at radius 1 is 1.10 bits per heavy atom. The minimum atomic E-state index is -0.550. The zero-order valence-corrected chi connectivity index (χ0v) is 16.6. The third-order valence-corrected chi connectivity index (χ3v) is 5.56. The van der Waals surface area contributed by atoms with Gasteiger partial charge in [-0.25, -0.2) is 4.79 Å². The van der Waals surface area contributed by atoms with Crippen LogP contribution in [0.1, 0.15) is 17.7 Å². The molecule has 7 heteroatoms. The summed E-state index contributed by atoms with van der Waals surface area (Å²) < 4.78 is 16.2. The summed E-state index contributed by atoms with van der Waals surface area (Å²) in [4.78, 5) is 38.5. The molecule has 0 bridgehead atoms. The molecule has 0 saturated carbocycles. The highest BCUT2D eigenvalue weighted by Gasteiger charge is 2.35. The van der Waals surface area contributed by atoms with Gasteiger partial charge in [0, 0.05) is 30.0 Å². The van der Waals surface area contributed by atoms with E-state index < -0.39 is 17.5 Å². The van der Waals surface area contributed by atoms with Crippen molar-refractivity contribution in [3.63, 3.8) is 0 Å². The van der Waals surface area contributed by atoms with Crippen LogP contribution in [0.3, 0.4) is 0 Å². The number of hydrogen-bond acceptors (Lipinski definition) is 6. The molecule has 0 N–H and O–H groups in total. The number of benzene rings is 2. The summed E-state index contributed by atoms with van der Waals surface area (Å²) in [6.45, 7) is 0.531. The van der Waals surface area contributed by atoms with Gasteiger partial charge in [-0.05, 0) is 29.0 Å². The molecule has 1 aliphatic heterocycles. The molecule has 31 heavy (non-hydrogen) atoms. The van der Waals surface area contributed by atoms with Crippen molar-refractivity contribution < 1.29 is 23.2 Å². The molecule has 1 amide bonds. The lowest BCUT2D eigenvalue weighted by Gasteiger charge is -2.15. The van der Waals surface area contributed by atoms with E-state index in [1.54, 1.807) is 29.4 Å². The predicted molar refractivity (Wildman–Crippen MR) is 112 cm³/mol. The Balaban J connectivity index is 1.35. The van der Waals surface area contributed by atoms with E-state index >= 15 is 0 Å². The van der Waals surface area contributed by atoms with Gasteiger partial charge in [0.25, 0.3) is 0 Å². The average molecular weight is 417 g/mol. The van der Waals surface area contributed by atoms with Gasteiger partial charge < -0.3 is 18.5 Å². The summed E-state index contributed by atoms with van der Waals surface area (Å²) in [5, 5.41) is 2.65. The summed E-state index contributed by atoms with van der Waals surface area (Å²) in [6, 6.07) is 16.3. The summed E-state index contributed by atoms with van der Waals surface area (Å²) >= 11 is 0. The van der Waals surface area contributed by atoms with Crippen LogP contribution in [-0.4, -0.2) is 23.3 Å². The van der Waals surface area contributed by atoms with Crippen molar-refractivity contribution in [2.45, 2.75) is 19.6 Å². The van der Waals surface area contributed by atoms with Gasteiger partial charge in [0.05, 0.1) is 18.7 Å². The van der Waals surface area contributed by atoms with E-state index in [0.717, 1.165) is 16.2 Å². The molecule has 1 saturated heterocycles. The van der Waals surface area contributed by atoms with Crippen molar-refractivity contribution >= 4 is 33.6 Å². The summed E-state index contributed by atoms with van der Waals surface area (Å²) in [5.74, 6) is -0.464. The maximum Gasteiger partial charge on any atom is 0.336 e. The number of amides is 1. The number of esters is 1. The van der Waals surface area contributed by atoms with Gasteiger partial charge >= 0.3 is 11.6 Å². The second kappa shape index (κ2) is 7.75. The minimum absolute atomic E-state index is 0.0716. The molecular weight excluding hydrogens is 398 g/mol. The van der Waals surface area contributed by atoms with E-state index in [9.17, 15) is 14.4 Å². The van der Waals surface area contributed by atoms with E-state index in [4.69, 9.17) is 13.6 Å². The zero-order valence-electron chi connectivity index (χ0n) is 16.6. The third kappa shape index (κ3) is 3.70. The molecule has 0 spiro atoms. The van der Waals surface area contributed by atoms with Crippen LogP contribution >= 0.6 is 0 Å². The van der Waals surface area contributed by atoms with Crippen LogP contribution in [0.25, 0.3) is 21.7 Å². The maximum absolute atomic E-state index is 12.7. The van der Waals surface area contributed by atoms with Gasteiger partial charge in [0.15, 0.2) is 0 Å². The van der Waals surface area contributed by atoms with Crippen LogP contribution in [0.5, 0.6) is 0 Å². The van der Waals surface area contributed by atoms with Crippen molar-refractivity contribution in [2.24, 2.45) is 5.92 Å². The number of ether oxygens (including phenoxy) is 1. The van der Waals surface area contributed by atoms with E-state index in [0.29, 0.717) is 23.5 Å². The largest absolute Gasteiger partial charge is 0.467 e. The fourth-order valence-corrected chi connectivity index (χ4v) is 4.07. The van der Waals surface area contributed by atoms with Crippen molar-refractivity contribution in [1.29, 1.82) is 0 Å². The van der Waals surface area contributed by atoms with Crippen LogP contribution in [0.15, 0.2) is 74.5 Å². The van der Waals surface area contributed by atoms with Crippen LogP contribution in [0.4, 0.5) is 0 Å². The lowest BCUT2D eigenvalue weighted by atomic mass is 10.0. The van der Waals surface area contributed by atoms with Gasteiger partial charge in [0.2, 0.25) is 5.91 Å². The maximum atomic E-state index is 12.7. The van der Waals surface area contributed by atoms with Crippen LogP contribution in [0, 0.1) is 5.92 Å². The number of fused-ring (bicyclic) bond motifs is 3. The van der Waals surface area contributed by atoms with E-state index in [2.05, 4.69) is 0 Å². The molecule has 4 aromatic rings. The van der Waals surface area contributed by atoms with E-state index in [-0.39, 0.29) is 25.5 Å². The van der Waals surface area contributed by atoms with Gasteiger partial charge in [0.1, 0.15) is 18.0 Å². The first kappa shape index (κ1) is 19.1. The Kier molecular flexibility index (Phi) is 4.78. The highest BCUT2D eigenvalue weighted by atomic mass is 16.5. The quantitative estimate of drug-likeness (QED) is 0.280. The monoisotopic (exact) mass is 417 g/mol. The Hall–Kier alpha value is -3.87. The molecule has 0 radical (unpaired) electrons. The first-order valence-electron chi connectivity index (χ1n) is 10.00. The van der Waals surface area contributed by atoms with E-state index in [1.165, 1.54) is 6.07 Å². The number of likely N-dealkylation sites (tertiary alicyclic amines) is 1. The molecule has 3 heterocycles. The standard InChI is InChI=1S/C24H19NO6/c26-21-10-16(12-25(21)13-18-5-3-9-29-18)24(28)30-14-17-11-22(27)31-20-8-7-15-4-1-2-6-19(15)23(17)20/h1-9,11,16H,10,12-14H2/t16-/m0/s1. The molecular formula is C24H19NO6. The Morgan fingerprint density at radius 2 is 1.97 bits per heavy atom. The van der Waals surface area contributed by atoms with Crippen molar-refractivity contribution in [1.82, 2.24) is 4.90 Å². The number of carbonyl (C=O) groups is 2. The molecule has 5 rings (SSSR count). The first-order valence-corrected chi connectivity index (χ1v) is 10.00. The number of carbonyl (C=O) groups excluding carboxylic acids is 2. The highest BCUT2D eigenvalue weighted by Crippen LogP contribution is 2.28. The third-order valence-electron chi connectivity index (χ3n) is 5.56. The zero-order chi connectivity index (χ0) is 21.4. The molecule has 0 aliphatic carbocycles. The summed E-state index contributed by atoms with van der Waals surface area (Å²) in [7, 11) is 0. The number of furan rings is 1. The molecule has 156 valence electrons. The second-order valence-corrected chi connectivity index (χ2v) is 7.61. The van der Waals surface area contributed by atoms with E-state index in [1.807, 2.05) is 30.3 Å². The molecule has 7 nitrogen and oxygen atoms in total. The van der Waals surface area contributed by atoms with Gasteiger partial charge in [-0.15, -0.1) is 0 Å². The Morgan fingerprint density at radius 3 is 2.81 bits per heavy atom. The summed E-state index contributed by atoms with van der Waals surface area (Å²) in [6.07, 6.45) is 1.65. The average Bonchev–Trinajstić information content (AvgIpc) is 3.41. The number of rotatable bonds is 5. The van der Waals surface area contributed by atoms with Gasteiger partial charge in [-0.2, -0.15) is 0 Å². The lowest BCUT2D eigenvalue weighted by Crippen LogP contribution is -2.26. The predicted octanol–water partition coefficient (Wildman–Crippen LogP) is 3.63. The topological polar surface area (TPSA) is 90.0 Å². The smallest absolute Gasteiger partial charge is 0.336 e. The summed E-state index contributed by atoms with van der Waals surface area (Å²) in [5.41, 5.74) is 0.514. The molecule has 1 fully saturated rings. The molecule has 1 atom stereocenters. The van der Waals surface area contributed by atoms with Gasteiger partial charge in [-0.1, -0.05) is 30.3 Å². The second-order valence-electron chi connectivity index (χ2n) is 7.61. The fraction of sp³-hybridized carbons (Fsp3) is 0.208. The highest BCUT2D eigenvalue weighted by molar-refractivity contribution is 6.07. The lowest BCUT2D eigenvalue weighted by molar-refractivity contribution is -0.149. The van der Waals surface area contributed by atoms with Gasteiger partial charge in [-0.3, -0.25) is 9.59 Å².